The summed E-state index contributed by atoms with van der Waals surface area (Å²) in [5.74, 6) is 0.547. The molecule has 2 N–H and O–H groups in total. The maximum Gasteiger partial charge on any atom is 0.277 e. The summed E-state index contributed by atoms with van der Waals surface area (Å²) in [7, 11) is 4.16. The number of hydrogen-bond donors (Lipinski definition) is 2. The molecule has 3 rings (SSSR count). The molecule has 0 radical (unpaired) electrons. The van der Waals surface area contributed by atoms with Crippen molar-refractivity contribution in [1.82, 2.24) is 15.5 Å². The minimum absolute atomic E-state index is 0.0709. The fourth-order valence-electron chi connectivity index (χ4n) is 2.71. The van der Waals surface area contributed by atoms with Crippen molar-refractivity contribution in [3.8, 4) is 11.5 Å². The molecule has 0 aliphatic heterocycles. The smallest absolute Gasteiger partial charge is 0.277 e. The lowest BCUT2D eigenvalue weighted by Crippen LogP contribution is -3.07. The molecule has 0 spiro atoms. The lowest BCUT2D eigenvalue weighted by Gasteiger charge is -2.22. The maximum absolute atomic E-state index is 12.2. The van der Waals surface area contributed by atoms with Crippen LogP contribution in [0.15, 0.2) is 64.2 Å². The van der Waals surface area contributed by atoms with E-state index < -0.39 is 0 Å². The molecule has 0 unspecified atom stereocenters. The number of nitrogens with one attached hydrogen (secondary N) is 2. The van der Waals surface area contributed by atoms with Gasteiger partial charge in [-0.3, -0.25) is 4.79 Å². The van der Waals surface area contributed by atoms with Crippen LogP contribution in [0.3, 0.4) is 0 Å². The molecule has 1 aromatic heterocycles. The van der Waals surface area contributed by atoms with E-state index in [-0.39, 0.29) is 17.7 Å². The quantitative estimate of drug-likeness (QED) is 0.551. The molecule has 0 aliphatic carbocycles. The van der Waals surface area contributed by atoms with Crippen LogP contribution >= 0.6 is 23.4 Å². The molecule has 0 fully saturated rings. The fourth-order valence-corrected chi connectivity index (χ4v) is 3.43. The number of halogens is 1. The molecule has 1 amide bonds. The van der Waals surface area contributed by atoms with Crippen LogP contribution in [0, 0.1) is 0 Å². The maximum atomic E-state index is 12.2. The molecule has 0 aliphatic rings. The zero-order chi connectivity index (χ0) is 19.9. The minimum atomic E-state index is -0.0709. The van der Waals surface area contributed by atoms with E-state index in [0.717, 1.165) is 5.56 Å². The Morgan fingerprint density at radius 3 is 2.54 bits per heavy atom. The average molecular weight is 418 g/mol. The van der Waals surface area contributed by atoms with Gasteiger partial charge in [0.1, 0.15) is 6.04 Å². The molecule has 0 bridgehead atoms. The molecule has 1 atom stereocenters. The third-order valence-corrected chi connectivity index (χ3v) is 5.30. The van der Waals surface area contributed by atoms with Gasteiger partial charge < -0.3 is 14.6 Å². The molecule has 146 valence electrons. The standard InChI is InChI=1S/C20H21ClN4O2S/c1-25(2)17(14-6-4-3-5-7-14)12-22-18(26)13-28-20-24-23-19(27-20)15-8-10-16(21)11-9-15/h3-11,17H,12-13H2,1-2H3,(H,22,26)/p+1/t17-/m1/s1. The Morgan fingerprint density at radius 1 is 1.14 bits per heavy atom. The highest BCUT2D eigenvalue weighted by molar-refractivity contribution is 7.99. The van der Waals surface area contributed by atoms with Crippen molar-refractivity contribution in [2.45, 2.75) is 11.3 Å². The van der Waals surface area contributed by atoms with Crippen LogP contribution in [0.5, 0.6) is 0 Å². The molecule has 28 heavy (non-hydrogen) atoms. The molecular weight excluding hydrogens is 396 g/mol. The van der Waals surface area contributed by atoms with Crippen LogP contribution in [0.2, 0.25) is 5.02 Å². The average Bonchev–Trinajstić information content (AvgIpc) is 3.17. The Morgan fingerprint density at radius 2 is 1.86 bits per heavy atom. The number of rotatable bonds is 8. The Bertz CT molecular complexity index is 900. The molecule has 6 nitrogen and oxygen atoms in total. The Balaban J connectivity index is 1.51. The van der Waals surface area contributed by atoms with Crippen molar-refractivity contribution in [1.29, 1.82) is 0 Å². The first-order chi connectivity index (χ1) is 13.5. The van der Waals surface area contributed by atoms with Crippen molar-refractivity contribution < 1.29 is 14.1 Å². The molecule has 1 heterocycles. The first-order valence-electron chi connectivity index (χ1n) is 8.87. The van der Waals surface area contributed by atoms with Crippen molar-refractivity contribution in [2.24, 2.45) is 0 Å². The highest BCUT2D eigenvalue weighted by Crippen LogP contribution is 2.24. The van der Waals surface area contributed by atoms with Gasteiger partial charge in [-0.05, 0) is 24.3 Å². The Kier molecular flexibility index (Phi) is 7.08. The van der Waals surface area contributed by atoms with Crippen LogP contribution in [0.4, 0.5) is 0 Å². The second-order valence-electron chi connectivity index (χ2n) is 6.51. The number of aromatic nitrogens is 2. The Hall–Kier alpha value is -2.35. The second-order valence-corrected chi connectivity index (χ2v) is 7.88. The highest BCUT2D eigenvalue weighted by Gasteiger charge is 2.19. The van der Waals surface area contributed by atoms with Gasteiger partial charge in [0.2, 0.25) is 11.8 Å². The summed E-state index contributed by atoms with van der Waals surface area (Å²) in [6.45, 7) is 0.561. The zero-order valence-electron chi connectivity index (χ0n) is 15.7. The molecular formula is C20H22ClN4O2S+. The van der Waals surface area contributed by atoms with E-state index in [1.165, 1.54) is 22.2 Å². The topological polar surface area (TPSA) is 72.5 Å². The monoisotopic (exact) mass is 417 g/mol. The van der Waals surface area contributed by atoms with Gasteiger partial charge in [0, 0.05) is 16.1 Å². The van der Waals surface area contributed by atoms with E-state index in [2.05, 4.69) is 41.7 Å². The third kappa shape index (κ3) is 5.58. The first kappa shape index (κ1) is 20.4. The number of hydrogen-bond acceptors (Lipinski definition) is 5. The summed E-state index contributed by atoms with van der Waals surface area (Å²) in [5.41, 5.74) is 1.98. The molecule has 0 saturated heterocycles. The first-order valence-corrected chi connectivity index (χ1v) is 10.2. The van der Waals surface area contributed by atoms with E-state index in [1.807, 2.05) is 30.3 Å². The number of carbonyl (C=O) groups excluding carboxylic acids is 1. The van der Waals surface area contributed by atoms with E-state index in [4.69, 9.17) is 16.0 Å². The number of thioether (sulfide) groups is 1. The molecule has 2 aromatic carbocycles. The summed E-state index contributed by atoms with van der Waals surface area (Å²) >= 11 is 7.10. The van der Waals surface area contributed by atoms with Crippen molar-refractivity contribution in [2.75, 3.05) is 26.4 Å². The number of quaternary nitrogens is 1. The summed E-state index contributed by atoms with van der Waals surface area (Å²) in [4.78, 5) is 13.5. The number of likely N-dealkylation sites (N-methyl/N-ethyl adjacent to an activating group) is 1. The minimum Gasteiger partial charge on any atom is -0.411 e. The van der Waals surface area contributed by atoms with Gasteiger partial charge in [-0.1, -0.05) is 53.7 Å². The lowest BCUT2D eigenvalue weighted by molar-refractivity contribution is -0.890. The molecule has 0 saturated carbocycles. The van der Waals surface area contributed by atoms with Gasteiger partial charge in [-0.2, -0.15) is 0 Å². The van der Waals surface area contributed by atoms with Gasteiger partial charge in [0.15, 0.2) is 0 Å². The van der Waals surface area contributed by atoms with E-state index >= 15 is 0 Å². The molecule has 8 heteroatoms. The third-order valence-electron chi connectivity index (χ3n) is 4.23. The summed E-state index contributed by atoms with van der Waals surface area (Å²) < 4.78 is 5.61. The number of amides is 1. The van der Waals surface area contributed by atoms with Crippen LogP contribution < -0.4 is 10.2 Å². The van der Waals surface area contributed by atoms with Crippen LogP contribution in [0.1, 0.15) is 11.6 Å². The predicted octanol–water partition coefficient (Wildman–Crippen LogP) is 2.48. The van der Waals surface area contributed by atoms with Gasteiger partial charge >= 0.3 is 0 Å². The van der Waals surface area contributed by atoms with E-state index in [0.29, 0.717) is 22.7 Å². The lowest BCUT2D eigenvalue weighted by atomic mass is 10.1. The number of carbonyl (C=O) groups is 1. The number of nitrogens with zero attached hydrogens (tertiary/aromatic N) is 2. The van der Waals surface area contributed by atoms with Gasteiger partial charge in [0.25, 0.3) is 5.22 Å². The second kappa shape index (κ2) is 9.73. The van der Waals surface area contributed by atoms with E-state index in [9.17, 15) is 4.79 Å². The van der Waals surface area contributed by atoms with Crippen molar-refractivity contribution in [3.63, 3.8) is 0 Å². The fraction of sp³-hybridized carbons (Fsp3) is 0.250. The summed E-state index contributed by atoms with van der Waals surface area (Å²) in [6.07, 6.45) is 0. The van der Waals surface area contributed by atoms with Crippen LogP contribution in [-0.4, -0.2) is 42.5 Å². The normalized spacial score (nSPS) is 12.1. The largest absolute Gasteiger partial charge is 0.411 e. The van der Waals surface area contributed by atoms with Crippen molar-refractivity contribution >= 4 is 29.3 Å². The van der Waals surface area contributed by atoms with Crippen LogP contribution in [-0.2, 0) is 4.79 Å². The Labute approximate surface area is 173 Å². The highest BCUT2D eigenvalue weighted by atomic mass is 35.5. The molecule has 3 aromatic rings. The van der Waals surface area contributed by atoms with Crippen LogP contribution in [0.25, 0.3) is 11.5 Å². The van der Waals surface area contributed by atoms with Gasteiger partial charge in [0.05, 0.1) is 26.4 Å². The SMILES string of the molecule is C[NH+](C)[C@H](CNC(=O)CSc1nnc(-c2ccc(Cl)cc2)o1)c1ccccc1. The van der Waals surface area contributed by atoms with Gasteiger partial charge in [-0.15, -0.1) is 10.2 Å². The number of benzene rings is 2. The van der Waals surface area contributed by atoms with Gasteiger partial charge in [-0.25, -0.2) is 0 Å². The summed E-state index contributed by atoms with van der Waals surface area (Å²) in [6, 6.07) is 17.5. The summed E-state index contributed by atoms with van der Waals surface area (Å²) in [5, 5.41) is 12.0. The predicted molar refractivity (Wildman–Crippen MR) is 110 cm³/mol. The van der Waals surface area contributed by atoms with E-state index in [1.54, 1.807) is 12.1 Å². The van der Waals surface area contributed by atoms with Crippen molar-refractivity contribution in [3.05, 3.63) is 65.2 Å². The zero-order valence-corrected chi connectivity index (χ0v) is 17.3.